The van der Waals surface area contributed by atoms with E-state index in [4.69, 9.17) is 4.74 Å². The van der Waals surface area contributed by atoms with E-state index in [9.17, 15) is 13.9 Å². The number of halogens is 3. The molecule has 9 heteroatoms. The van der Waals surface area contributed by atoms with Crippen molar-refractivity contribution in [3.63, 3.8) is 0 Å². The van der Waals surface area contributed by atoms with Crippen LogP contribution in [0.5, 0.6) is 5.75 Å². The molecule has 2 aromatic carbocycles. The molecule has 1 atom stereocenters. The van der Waals surface area contributed by atoms with Gasteiger partial charge in [0.05, 0.1) is 24.9 Å². The molecule has 0 saturated carbocycles. The van der Waals surface area contributed by atoms with E-state index in [-0.39, 0.29) is 47.8 Å². The largest absolute Gasteiger partial charge is 0.489 e. The second-order valence-electron chi connectivity index (χ2n) is 7.96. The minimum atomic E-state index is -0.302. The molecule has 3 rings (SSSR count). The molecular weight excluding hydrogens is 541 g/mol. The van der Waals surface area contributed by atoms with Crippen LogP contribution in [-0.4, -0.2) is 49.5 Å². The molecule has 33 heavy (non-hydrogen) atoms. The Hall–Kier alpha value is -2.14. The summed E-state index contributed by atoms with van der Waals surface area (Å²) in [6.07, 6.45) is 0.867. The van der Waals surface area contributed by atoms with Crippen molar-refractivity contribution in [3.05, 3.63) is 59.7 Å². The van der Waals surface area contributed by atoms with Crippen molar-refractivity contribution in [2.45, 2.75) is 45.4 Å². The van der Waals surface area contributed by atoms with E-state index < -0.39 is 0 Å². The van der Waals surface area contributed by atoms with Gasteiger partial charge in [-0.3, -0.25) is 0 Å². The first kappa shape index (κ1) is 27.1. The second kappa shape index (κ2) is 13.5. The molecule has 1 saturated heterocycles. The van der Waals surface area contributed by atoms with E-state index in [1.165, 1.54) is 18.2 Å². The van der Waals surface area contributed by atoms with Crippen molar-refractivity contribution in [3.8, 4) is 5.75 Å². The number of aliphatic hydroxyl groups is 1. The number of rotatable bonds is 8. The summed E-state index contributed by atoms with van der Waals surface area (Å²) in [6.45, 7) is 6.71. The smallest absolute Gasteiger partial charge is 0.191 e. The predicted molar refractivity (Wildman–Crippen MR) is 139 cm³/mol. The molecule has 0 bridgehead atoms. The average Bonchev–Trinajstić information content (AvgIpc) is 2.78. The van der Waals surface area contributed by atoms with Crippen LogP contribution in [0.1, 0.15) is 32.3 Å². The second-order valence-corrected chi connectivity index (χ2v) is 7.96. The molecule has 1 unspecified atom stereocenters. The minimum absolute atomic E-state index is 0. The van der Waals surface area contributed by atoms with Crippen molar-refractivity contribution in [2.75, 3.05) is 31.1 Å². The number of guanidine groups is 1. The molecule has 0 aromatic heterocycles. The Balaban J connectivity index is 0.00000385. The van der Waals surface area contributed by atoms with E-state index in [2.05, 4.69) is 15.6 Å². The maximum atomic E-state index is 14.7. The van der Waals surface area contributed by atoms with Gasteiger partial charge in [-0.1, -0.05) is 6.07 Å². The van der Waals surface area contributed by atoms with E-state index in [1.54, 1.807) is 18.2 Å². The Labute approximate surface area is 211 Å². The van der Waals surface area contributed by atoms with Crippen LogP contribution in [0.2, 0.25) is 0 Å². The monoisotopic (exact) mass is 574 g/mol. The average molecular weight is 574 g/mol. The molecule has 2 aromatic rings. The zero-order valence-corrected chi connectivity index (χ0v) is 21.4. The molecule has 3 N–H and O–H groups in total. The molecule has 182 valence electrons. The van der Waals surface area contributed by atoms with Gasteiger partial charge < -0.3 is 25.4 Å². The number of nitrogens with zero attached hydrogens (tertiary/aromatic N) is 2. The number of aliphatic imine (C=N–C) groups is 1. The van der Waals surface area contributed by atoms with Gasteiger partial charge in [0.1, 0.15) is 23.5 Å². The molecule has 1 fully saturated rings. The normalized spacial score (nSPS) is 15.5. The van der Waals surface area contributed by atoms with Crippen LogP contribution in [0.4, 0.5) is 14.5 Å². The van der Waals surface area contributed by atoms with E-state index in [1.807, 2.05) is 24.8 Å². The van der Waals surface area contributed by atoms with Gasteiger partial charge in [0.25, 0.3) is 0 Å². The number of hydrogen-bond acceptors (Lipinski definition) is 4. The molecule has 0 spiro atoms. The highest BCUT2D eigenvalue weighted by atomic mass is 127. The van der Waals surface area contributed by atoms with Crippen LogP contribution >= 0.6 is 24.0 Å². The minimum Gasteiger partial charge on any atom is -0.489 e. The van der Waals surface area contributed by atoms with Crippen molar-refractivity contribution in [2.24, 2.45) is 4.99 Å². The molecule has 0 aliphatic carbocycles. The maximum Gasteiger partial charge on any atom is 0.191 e. The van der Waals surface area contributed by atoms with Gasteiger partial charge in [0, 0.05) is 19.6 Å². The summed E-state index contributed by atoms with van der Waals surface area (Å²) in [5, 5.41) is 16.0. The van der Waals surface area contributed by atoms with Gasteiger partial charge >= 0.3 is 0 Å². The summed E-state index contributed by atoms with van der Waals surface area (Å²) in [4.78, 5) is 6.52. The van der Waals surface area contributed by atoms with Crippen LogP contribution in [0.25, 0.3) is 0 Å². The SMILES string of the molecule is CCNC(=NCc1ccc(N2CCC(O)CC2)c(F)c1)NCC(C)Oc1ccc(F)cc1.I. The lowest BCUT2D eigenvalue weighted by atomic mass is 10.1. The lowest BCUT2D eigenvalue weighted by molar-refractivity contribution is 0.145. The summed E-state index contributed by atoms with van der Waals surface area (Å²) in [7, 11) is 0. The quantitative estimate of drug-likeness (QED) is 0.252. The van der Waals surface area contributed by atoms with Gasteiger partial charge in [-0.25, -0.2) is 13.8 Å². The third-order valence-electron chi connectivity index (χ3n) is 5.29. The van der Waals surface area contributed by atoms with Crippen LogP contribution in [0.15, 0.2) is 47.5 Å². The van der Waals surface area contributed by atoms with Gasteiger partial charge in [0.15, 0.2) is 5.96 Å². The maximum absolute atomic E-state index is 14.7. The highest BCUT2D eigenvalue weighted by molar-refractivity contribution is 14.0. The fourth-order valence-corrected chi connectivity index (χ4v) is 3.55. The molecular formula is C24H33F2IN4O2. The van der Waals surface area contributed by atoms with Crippen LogP contribution in [-0.2, 0) is 6.54 Å². The zero-order chi connectivity index (χ0) is 22.9. The number of ether oxygens (including phenoxy) is 1. The predicted octanol–water partition coefficient (Wildman–Crippen LogP) is 4.07. The Morgan fingerprint density at radius 2 is 1.85 bits per heavy atom. The van der Waals surface area contributed by atoms with Gasteiger partial charge in [-0.05, 0) is 68.7 Å². The summed E-state index contributed by atoms with van der Waals surface area (Å²) < 4.78 is 33.5. The summed E-state index contributed by atoms with van der Waals surface area (Å²) in [5.41, 5.74) is 1.34. The lowest BCUT2D eigenvalue weighted by Crippen LogP contribution is -2.41. The first-order valence-corrected chi connectivity index (χ1v) is 11.1. The zero-order valence-electron chi connectivity index (χ0n) is 19.1. The van der Waals surface area contributed by atoms with E-state index in [0.29, 0.717) is 63.0 Å². The third-order valence-corrected chi connectivity index (χ3v) is 5.29. The molecule has 6 nitrogen and oxygen atoms in total. The van der Waals surface area contributed by atoms with Crippen molar-refractivity contribution in [1.82, 2.24) is 10.6 Å². The molecule has 0 radical (unpaired) electrons. The molecule has 0 amide bonds. The number of aliphatic hydroxyl groups excluding tert-OH is 1. The lowest BCUT2D eigenvalue weighted by Gasteiger charge is -2.31. The summed E-state index contributed by atoms with van der Waals surface area (Å²) in [6, 6.07) is 11.1. The summed E-state index contributed by atoms with van der Waals surface area (Å²) >= 11 is 0. The van der Waals surface area contributed by atoms with Gasteiger partial charge in [0.2, 0.25) is 0 Å². The number of anilines is 1. The van der Waals surface area contributed by atoms with Crippen molar-refractivity contribution >= 4 is 35.6 Å². The Morgan fingerprint density at radius 3 is 2.48 bits per heavy atom. The molecule has 1 heterocycles. The fraction of sp³-hybridized carbons (Fsp3) is 0.458. The number of hydrogen-bond donors (Lipinski definition) is 3. The fourth-order valence-electron chi connectivity index (χ4n) is 3.55. The first-order valence-electron chi connectivity index (χ1n) is 11.1. The van der Waals surface area contributed by atoms with Gasteiger partial charge in [-0.2, -0.15) is 0 Å². The highest BCUT2D eigenvalue weighted by Crippen LogP contribution is 2.24. The van der Waals surface area contributed by atoms with Crippen LogP contribution < -0.4 is 20.3 Å². The third kappa shape index (κ3) is 8.62. The number of benzene rings is 2. The Morgan fingerprint density at radius 1 is 1.15 bits per heavy atom. The molecule has 1 aliphatic rings. The van der Waals surface area contributed by atoms with Crippen LogP contribution in [0.3, 0.4) is 0 Å². The van der Waals surface area contributed by atoms with Crippen molar-refractivity contribution in [1.29, 1.82) is 0 Å². The highest BCUT2D eigenvalue weighted by Gasteiger charge is 2.19. The molecule has 1 aliphatic heterocycles. The standard InChI is InChI=1S/C24H32F2N4O2.HI/c1-3-27-24(28-15-17(2)32-21-7-5-19(25)6-8-21)29-16-18-4-9-23(22(26)14-18)30-12-10-20(31)11-13-30;/h4-9,14,17,20,31H,3,10-13,15-16H2,1-2H3,(H2,27,28,29);1H. The Bertz CT molecular complexity index is 891. The van der Waals surface area contributed by atoms with E-state index >= 15 is 0 Å². The first-order chi connectivity index (χ1) is 15.4. The number of nitrogens with one attached hydrogen (secondary N) is 2. The Kier molecular flexibility index (Phi) is 11.1. The topological polar surface area (TPSA) is 69.1 Å². The van der Waals surface area contributed by atoms with Crippen molar-refractivity contribution < 1.29 is 18.6 Å². The van der Waals surface area contributed by atoms with Gasteiger partial charge in [-0.15, -0.1) is 24.0 Å². The number of piperidine rings is 1. The summed E-state index contributed by atoms with van der Waals surface area (Å²) in [5.74, 6) is 0.634. The van der Waals surface area contributed by atoms with Crippen LogP contribution in [0, 0.1) is 11.6 Å². The van der Waals surface area contributed by atoms with E-state index in [0.717, 1.165) is 5.56 Å².